The molecule has 0 fully saturated rings. The van der Waals surface area contributed by atoms with Crippen LogP contribution in [-0.2, 0) is 6.54 Å². The molecule has 1 aromatic carbocycles. The largest absolute Gasteiger partial charge is 0.395 e. The van der Waals surface area contributed by atoms with Gasteiger partial charge in [-0.25, -0.2) is 0 Å². The standard InChI is InChI=1S/C12H18N2O2/c1-2-11(8-15)14-7-9-4-3-5-10(6-9)12(13)16/h3-6,11,14-15H,2,7-8H2,1H3,(H2,13,16). The lowest BCUT2D eigenvalue weighted by Crippen LogP contribution is -2.31. The maximum absolute atomic E-state index is 11.0. The van der Waals surface area contributed by atoms with Crippen molar-refractivity contribution in [2.24, 2.45) is 5.73 Å². The summed E-state index contributed by atoms with van der Waals surface area (Å²) in [5.41, 5.74) is 6.69. The SMILES string of the molecule is CCC(CO)NCc1cccc(C(N)=O)c1. The molecule has 0 aliphatic carbocycles. The van der Waals surface area contributed by atoms with Gasteiger partial charge in [0.15, 0.2) is 0 Å². The molecular weight excluding hydrogens is 204 g/mol. The summed E-state index contributed by atoms with van der Waals surface area (Å²) in [6.07, 6.45) is 0.867. The van der Waals surface area contributed by atoms with Crippen molar-refractivity contribution in [1.82, 2.24) is 5.32 Å². The minimum atomic E-state index is -0.420. The molecule has 1 atom stereocenters. The number of carbonyl (C=O) groups excluding carboxylic acids is 1. The van der Waals surface area contributed by atoms with Gasteiger partial charge in [0.1, 0.15) is 0 Å². The molecule has 0 spiro atoms. The average Bonchev–Trinajstić information content (AvgIpc) is 2.31. The van der Waals surface area contributed by atoms with E-state index in [0.29, 0.717) is 12.1 Å². The van der Waals surface area contributed by atoms with E-state index in [4.69, 9.17) is 10.8 Å². The number of nitrogens with two attached hydrogens (primary N) is 1. The molecule has 4 N–H and O–H groups in total. The van der Waals surface area contributed by atoms with Crippen LogP contribution in [0.25, 0.3) is 0 Å². The first kappa shape index (κ1) is 12.7. The molecule has 0 aromatic heterocycles. The van der Waals surface area contributed by atoms with Crippen LogP contribution in [0.15, 0.2) is 24.3 Å². The molecule has 88 valence electrons. The van der Waals surface area contributed by atoms with Crippen LogP contribution in [0.1, 0.15) is 29.3 Å². The van der Waals surface area contributed by atoms with Gasteiger partial charge in [0.05, 0.1) is 6.61 Å². The first-order valence-electron chi connectivity index (χ1n) is 5.40. The van der Waals surface area contributed by atoms with E-state index >= 15 is 0 Å². The monoisotopic (exact) mass is 222 g/mol. The van der Waals surface area contributed by atoms with Gasteiger partial charge in [-0.15, -0.1) is 0 Å². The third-order valence-corrected chi connectivity index (χ3v) is 2.52. The molecule has 0 aliphatic heterocycles. The van der Waals surface area contributed by atoms with Gasteiger partial charge in [-0.1, -0.05) is 19.1 Å². The van der Waals surface area contributed by atoms with Gasteiger partial charge in [0, 0.05) is 18.2 Å². The summed E-state index contributed by atoms with van der Waals surface area (Å²) in [5.74, 6) is -0.420. The van der Waals surface area contributed by atoms with Crippen LogP contribution in [0, 0.1) is 0 Å². The Morgan fingerprint density at radius 3 is 2.88 bits per heavy atom. The van der Waals surface area contributed by atoms with Crippen LogP contribution in [0.2, 0.25) is 0 Å². The highest BCUT2D eigenvalue weighted by atomic mass is 16.3. The van der Waals surface area contributed by atoms with E-state index < -0.39 is 5.91 Å². The molecule has 4 heteroatoms. The number of nitrogens with one attached hydrogen (secondary N) is 1. The van der Waals surface area contributed by atoms with Crippen molar-refractivity contribution in [2.75, 3.05) is 6.61 Å². The number of aliphatic hydroxyl groups excluding tert-OH is 1. The molecule has 16 heavy (non-hydrogen) atoms. The second kappa shape index (κ2) is 6.25. The molecule has 0 heterocycles. The Bertz CT molecular complexity index is 349. The summed E-state index contributed by atoms with van der Waals surface area (Å²) in [4.78, 5) is 11.0. The van der Waals surface area contributed by atoms with E-state index in [2.05, 4.69) is 5.32 Å². The van der Waals surface area contributed by atoms with Gasteiger partial charge in [0.25, 0.3) is 0 Å². The fraction of sp³-hybridized carbons (Fsp3) is 0.417. The number of rotatable bonds is 6. The molecule has 0 saturated heterocycles. The summed E-state index contributed by atoms with van der Waals surface area (Å²) < 4.78 is 0. The molecule has 1 amide bonds. The fourth-order valence-corrected chi connectivity index (χ4v) is 1.43. The summed E-state index contributed by atoms with van der Waals surface area (Å²) in [6.45, 7) is 2.75. The number of hydrogen-bond acceptors (Lipinski definition) is 3. The van der Waals surface area contributed by atoms with Gasteiger partial charge in [-0.05, 0) is 24.1 Å². The number of benzene rings is 1. The average molecular weight is 222 g/mol. The van der Waals surface area contributed by atoms with Crippen molar-refractivity contribution >= 4 is 5.91 Å². The minimum absolute atomic E-state index is 0.0947. The Labute approximate surface area is 95.5 Å². The van der Waals surface area contributed by atoms with Crippen LogP contribution in [-0.4, -0.2) is 23.7 Å². The Hall–Kier alpha value is -1.39. The van der Waals surface area contributed by atoms with Crippen LogP contribution in [0.4, 0.5) is 0 Å². The Balaban J connectivity index is 2.60. The Morgan fingerprint density at radius 1 is 1.56 bits per heavy atom. The zero-order valence-electron chi connectivity index (χ0n) is 9.44. The number of carbonyl (C=O) groups is 1. The highest BCUT2D eigenvalue weighted by Gasteiger charge is 2.05. The molecule has 0 radical (unpaired) electrons. The lowest BCUT2D eigenvalue weighted by molar-refractivity contribution is 0.1000. The number of amides is 1. The lowest BCUT2D eigenvalue weighted by atomic mass is 10.1. The van der Waals surface area contributed by atoms with Crippen LogP contribution >= 0.6 is 0 Å². The third kappa shape index (κ3) is 3.64. The van der Waals surface area contributed by atoms with E-state index in [-0.39, 0.29) is 12.6 Å². The van der Waals surface area contributed by atoms with Crippen molar-refractivity contribution in [3.05, 3.63) is 35.4 Å². The van der Waals surface area contributed by atoms with Crippen LogP contribution < -0.4 is 11.1 Å². The minimum Gasteiger partial charge on any atom is -0.395 e. The van der Waals surface area contributed by atoms with Gasteiger partial charge in [-0.2, -0.15) is 0 Å². The molecule has 0 bridgehead atoms. The van der Waals surface area contributed by atoms with E-state index in [0.717, 1.165) is 12.0 Å². The maximum atomic E-state index is 11.0. The summed E-state index contributed by atoms with van der Waals surface area (Å²) >= 11 is 0. The second-order valence-electron chi connectivity index (χ2n) is 3.73. The highest BCUT2D eigenvalue weighted by molar-refractivity contribution is 5.92. The number of aliphatic hydroxyl groups is 1. The normalized spacial score (nSPS) is 12.4. The molecule has 0 aliphatic rings. The Morgan fingerprint density at radius 2 is 2.31 bits per heavy atom. The van der Waals surface area contributed by atoms with Crippen molar-refractivity contribution in [3.63, 3.8) is 0 Å². The molecular formula is C12H18N2O2. The van der Waals surface area contributed by atoms with E-state index in [1.54, 1.807) is 18.2 Å². The van der Waals surface area contributed by atoms with E-state index in [9.17, 15) is 4.79 Å². The van der Waals surface area contributed by atoms with Crippen molar-refractivity contribution in [1.29, 1.82) is 0 Å². The van der Waals surface area contributed by atoms with Crippen molar-refractivity contribution in [3.8, 4) is 0 Å². The highest BCUT2D eigenvalue weighted by Crippen LogP contribution is 2.05. The van der Waals surface area contributed by atoms with Gasteiger partial charge in [-0.3, -0.25) is 4.79 Å². The summed E-state index contributed by atoms with van der Waals surface area (Å²) in [6, 6.07) is 7.27. The fourth-order valence-electron chi connectivity index (χ4n) is 1.43. The molecule has 1 rings (SSSR count). The number of primary amides is 1. The first-order valence-corrected chi connectivity index (χ1v) is 5.40. The summed E-state index contributed by atoms with van der Waals surface area (Å²) in [7, 11) is 0. The van der Waals surface area contributed by atoms with Gasteiger partial charge < -0.3 is 16.2 Å². The van der Waals surface area contributed by atoms with Gasteiger partial charge in [0.2, 0.25) is 5.91 Å². The molecule has 0 saturated carbocycles. The predicted octanol–water partition coefficient (Wildman–Crippen LogP) is 0.646. The molecule has 4 nitrogen and oxygen atoms in total. The van der Waals surface area contributed by atoms with Gasteiger partial charge >= 0.3 is 0 Å². The number of hydrogen-bond donors (Lipinski definition) is 3. The zero-order chi connectivity index (χ0) is 12.0. The van der Waals surface area contributed by atoms with E-state index in [1.807, 2.05) is 13.0 Å². The topological polar surface area (TPSA) is 75.3 Å². The first-order chi connectivity index (χ1) is 7.67. The van der Waals surface area contributed by atoms with Crippen molar-refractivity contribution < 1.29 is 9.90 Å². The summed E-state index contributed by atoms with van der Waals surface area (Å²) in [5, 5.41) is 12.2. The van der Waals surface area contributed by atoms with Crippen LogP contribution in [0.5, 0.6) is 0 Å². The van der Waals surface area contributed by atoms with E-state index in [1.165, 1.54) is 0 Å². The quantitative estimate of drug-likeness (QED) is 0.661. The molecule has 1 aromatic rings. The van der Waals surface area contributed by atoms with Crippen LogP contribution in [0.3, 0.4) is 0 Å². The lowest BCUT2D eigenvalue weighted by Gasteiger charge is -2.14. The maximum Gasteiger partial charge on any atom is 0.248 e. The smallest absolute Gasteiger partial charge is 0.248 e. The molecule has 1 unspecified atom stereocenters. The second-order valence-corrected chi connectivity index (χ2v) is 3.73. The predicted molar refractivity (Wildman–Crippen MR) is 63.0 cm³/mol. The zero-order valence-corrected chi connectivity index (χ0v) is 9.44. The third-order valence-electron chi connectivity index (χ3n) is 2.52. The van der Waals surface area contributed by atoms with Crippen molar-refractivity contribution in [2.45, 2.75) is 25.9 Å². The Kier molecular flexibility index (Phi) is 4.95.